The van der Waals surface area contributed by atoms with Crippen LogP contribution in [-0.2, 0) is 9.89 Å². The lowest BCUT2D eigenvalue weighted by molar-refractivity contribution is 0.0499. The first-order valence-electron chi connectivity index (χ1n) is 9.13. The molecular weight excluding hydrogens is 359 g/mol. The van der Waals surface area contributed by atoms with E-state index in [1.807, 2.05) is 36.4 Å². The molecule has 0 bridgehead atoms. The lowest BCUT2D eigenvalue weighted by atomic mass is 9.94. The second-order valence-corrected chi connectivity index (χ2v) is 8.61. The highest BCUT2D eigenvalue weighted by Crippen LogP contribution is 2.49. The summed E-state index contributed by atoms with van der Waals surface area (Å²) in [5, 5.41) is 0.902. The lowest BCUT2D eigenvalue weighted by Crippen LogP contribution is -2.23. The van der Waals surface area contributed by atoms with Crippen LogP contribution >= 0.6 is 8.58 Å². The van der Waals surface area contributed by atoms with Crippen LogP contribution in [0.4, 0.5) is 0 Å². The predicted octanol–water partition coefficient (Wildman–Crippen LogP) is 4.90. The van der Waals surface area contributed by atoms with Gasteiger partial charge in [0.05, 0.1) is 7.11 Å². The second-order valence-electron chi connectivity index (χ2n) is 6.72. The van der Waals surface area contributed by atoms with Crippen molar-refractivity contribution in [3.8, 4) is 11.5 Å². The topological polar surface area (TPSA) is 44.8 Å². The number of methoxy groups -OCH3 is 2. The molecule has 0 aliphatic rings. The Hall–Kier alpha value is -1.90. The van der Waals surface area contributed by atoms with Crippen LogP contribution in [0.5, 0.6) is 11.5 Å². The van der Waals surface area contributed by atoms with Crippen LogP contribution in [0.25, 0.3) is 0 Å². The average molecular weight is 388 g/mol. The number of hydrogen-bond donors (Lipinski definition) is 0. The zero-order chi connectivity index (χ0) is 19.9. The molecule has 4 nitrogen and oxygen atoms in total. The highest BCUT2D eigenvalue weighted by atomic mass is 31.1. The second kappa shape index (κ2) is 9.87. The van der Waals surface area contributed by atoms with Crippen LogP contribution in [0.15, 0.2) is 42.5 Å². The van der Waals surface area contributed by atoms with Gasteiger partial charge in [0.1, 0.15) is 11.5 Å². The van der Waals surface area contributed by atoms with E-state index in [4.69, 9.17) is 14.2 Å². The summed E-state index contributed by atoms with van der Waals surface area (Å²) in [5.41, 5.74) is 1.87. The van der Waals surface area contributed by atoms with Crippen LogP contribution in [0, 0.1) is 0 Å². The molecule has 2 rings (SSSR count). The number of hydrogen-bond acceptors (Lipinski definition) is 4. The Bertz CT molecular complexity index is 775. The van der Waals surface area contributed by atoms with Crippen LogP contribution < -0.4 is 14.8 Å². The molecule has 0 amide bonds. The van der Waals surface area contributed by atoms with Gasteiger partial charge in [0.25, 0.3) is 0 Å². The molecule has 0 spiro atoms. The molecule has 2 atom stereocenters. The first-order valence-corrected chi connectivity index (χ1v) is 10.1. The minimum Gasteiger partial charge on any atom is -0.497 e. The van der Waals surface area contributed by atoms with Gasteiger partial charge in [-0.25, -0.2) is 0 Å². The first kappa shape index (κ1) is 21.4. The molecule has 27 heavy (non-hydrogen) atoms. The minimum absolute atomic E-state index is 0.0958. The lowest BCUT2D eigenvalue weighted by Gasteiger charge is -2.32. The van der Waals surface area contributed by atoms with Crippen molar-refractivity contribution in [3.63, 3.8) is 0 Å². The van der Waals surface area contributed by atoms with Gasteiger partial charge in [0.15, 0.2) is 12.6 Å². The maximum atomic E-state index is 12.1. The Kier molecular flexibility index (Phi) is 7.82. The number of Topliss-reactive ketones (excluding diaryl/α,β-unsaturated/α-hetero) is 1. The van der Waals surface area contributed by atoms with Gasteiger partial charge < -0.3 is 14.2 Å². The maximum Gasteiger partial charge on any atom is 0.188 e. The summed E-state index contributed by atoms with van der Waals surface area (Å²) in [6, 6.07) is 13.7. The Morgan fingerprint density at radius 3 is 2.52 bits per heavy atom. The van der Waals surface area contributed by atoms with Gasteiger partial charge in [-0.2, -0.15) is 0 Å². The number of benzene rings is 2. The Morgan fingerprint density at radius 1 is 1.15 bits per heavy atom. The summed E-state index contributed by atoms with van der Waals surface area (Å²) in [4.78, 5) is 12.1. The molecule has 0 heterocycles. The van der Waals surface area contributed by atoms with E-state index in [1.54, 1.807) is 21.1 Å². The summed E-state index contributed by atoms with van der Waals surface area (Å²) in [7, 11) is 3.70. The molecule has 146 valence electrons. The molecule has 0 radical (unpaired) electrons. The summed E-state index contributed by atoms with van der Waals surface area (Å²) in [6.45, 7) is 6.23. The fourth-order valence-corrected chi connectivity index (χ4v) is 5.15. The van der Waals surface area contributed by atoms with Crippen molar-refractivity contribution < 1.29 is 19.0 Å². The van der Waals surface area contributed by atoms with E-state index in [1.165, 1.54) is 0 Å². The van der Waals surface area contributed by atoms with E-state index in [9.17, 15) is 4.79 Å². The molecule has 2 aromatic carbocycles. The monoisotopic (exact) mass is 388 g/mol. The third-order valence-electron chi connectivity index (χ3n) is 4.58. The number of ketones is 1. The molecule has 5 heteroatoms. The van der Waals surface area contributed by atoms with Gasteiger partial charge in [-0.1, -0.05) is 53.1 Å². The molecule has 0 aliphatic carbocycles. The number of carbonyl (C=O) groups excluding carboxylic acids is 1. The van der Waals surface area contributed by atoms with Gasteiger partial charge in [0.2, 0.25) is 0 Å². The number of rotatable bonds is 10. The van der Waals surface area contributed by atoms with Crippen LogP contribution in [0.2, 0.25) is 0 Å². The van der Waals surface area contributed by atoms with E-state index in [0.29, 0.717) is 8.58 Å². The third-order valence-corrected chi connectivity index (χ3v) is 6.36. The molecule has 0 N–H and O–H groups in total. The van der Waals surface area contributed by atoms with Gasteiger partial charge in [-0.05, 0) is 36.8 Å². The predicted molar refractivity (Wildman–Crippen MR) is 112 cm³/mol. The molecule has 2 unspecified atom stereocenters. The van der Waals surface area contributed by atoms with Gasteiger partial charge in [-0.3, -0.25) is 4.79 Å². The number of carbonyl (C=O) groups is 1. The Labute approximate surface area is 164 Å². The van der Waals surface area contributed by atoms with Crippen molar-refractivity contribution >= 4 is 19.7 Å². The molecule has 0 aromatic heterocycles. The van der Waals surface area contributed by atoms with E-state index in [0.717, 1.165) is 40.8 Å². The van der Waals surface area contributed by atoms with Gasteiger partial charge >= 0.3 is 0 Å². The van der Waals surface area contributed by atoms with E-state index < -0.39 is 0 Å². The summed E-state index contributed by atoms with van der Waals surface area (Å²) in [5.74, 6) is 1.68. The fraction of sp³-hybridized carbons (Fsp3) is 0.409. The standard InChI is InChI=1S/C22H29O4P/c1-6-13-22(3,27-21-10-8-7-9-18(21)16(2)23)19-14-17(25-5)11-12-20(19)26-15-24-4/h7-12,14,27H,6,13,15H2,1-5H3. The normalized spacial score (nSPS) is 13.5. The quantitative estimate of drug-likeness (QED) is 0.330. The van der Waals surface area contributed by atoms with E-state index in [-0.39, 0.29) is 17.7 Å². The van der Waals surface area contributed by atoms with Crippen molar-refractivity contribution in [2.75, 3.05) is 21.0 Å². The van der Waals surface area contributed by atoms with Crippen molar-refractivity contribution in [1.82, 2.24) is 0 Å². The molecule has 0 saturated carbocycles. The molecule has 0 aliphatic heterocycles. The SMILES string of the molecule is CCCC(C)(Pc1ccccc1C(C)=O)c1cc(OC)ccc1OCOC. The highest BCUT2D eigenvalue weighted by Gasteiger charge is 2.31. The maximum absolute atomic E-state index is 12.1. The molecule has 0 saturated heterocycles. The first-order chi connectivity index (χ1) is 12.9. The molecular formula is C22H29O4P. The van der Waals surface area contributed by atoms with Crippen molar-refractivity contribution in [1.29, 1.82) is 0 Å². The fourth-order valence-electron chi connectivity index (χ4n) is 3.28. The number of ether oxygens (including phenoxy) is 3. The average Bonchev–Trinajstić information content (AvgIpc) is 2.66. The van der Waals surface area contributed by atoms with Crippen LogP contribution in [0.3, 0.4) is 0 Å². The van der Waals surface area contributed by atoms with Crippen LogP contribution in [0.1, 0.15) is 49.5 Å². The van der Waals surface area contributed by atoms with Crippen molar-refractivity contribution in [2.45, 2.75) is 38.8 Å². The summed E-state index contributed by atoms with van der Waals surface area (Å²) >= 11 is 0. The zero-order valence-electron chi connectivity index (χ0n) is 16.8. The van der Waals surface area contributed by atoms with E-state index in [2.05, 4.69) is 19.9 Å². The molecule has 0 fully saturated rings. The van der Waals surface area contributed by atoms with Crippen molar-refractivity contribution in [3.05, 3.63) is 53.6 Å². The summed E-state index contributed by atoms with van der Waals surface area (Å²) < 4.78 is 16.4. The largest absolute Gasteiger partial charge is 0.497 e. The molecule has 2 aromatic rings. The highest BCUT2D eigenvalue weighted by molar-refractivity contribution is 7.48. The van der Waals surface area contributed by atoms with Crippen molar-refractivity contribution in [2.24, 2.45) is 0 Å². The minimum atomic E-state index is -0.183. The van der Waals surface area contributed by atoms with Gasteiger partial charge in [0, 0.05) is 23.4 Å². The van der Waals surface area contributed by atoms with Crippen LogP contribution in [-0.4, -0.2) is 26.8 Å². The van der Waals surface area contributed by atoms with E-state index >= 15 is 0 Å². The Balaban J connectivity index is 2.53. The Morgan fingerprint density at radius 2 is 1.89 bits per heavy atom. The third kappa shape index (κ3) is 5.31. The smallest absolute Gasteiger partial charge is 0.188 e. The summed E-state index contributed by atoms with van der Waals surface area (Å²) in [6.07, 6.45) is 1.99. The zero-order valence-corrected chi connectivity index (χ0v) is 17.8. The van der Waals surface area contributed by atoms with Gasteiger partial charge in [-0.15, -0.1) is 0 Å².